The van der Waals surface area contributed by atoms with Crippen molar-refractivity contribution in [2.75, 3.05) is 12.5 Å². The van der Waals surface area contributed by atoms with Crippen molar-refractivity contribution in [3.05, 3.63) is 64.8 Å². The molecule has 0 fully saturated rings. The van der Waals surface area contributed by atoms with E-state index in [0.29, 0.717) is 22.2 Å². The number of aromatic carboxylic acids is 1. The van der Waals surface area contributed by atoms with Crippen molar-refractivity contribution in [2.45, 2.75) is 0 Å². The number of hydrogen-bond acceptors (Lipinski definition) is 5. The van der Waals surface area contributed by atoms with Gasteiger partial charge in [-0.15, -0.1) is 0 Å². The van der Waals surface area contributed by atoms with Crippen LogP contribution in [0.1, 0.15) is 15.9 Å². The van der Waals surface area contributed by atoms with Gasteiger partial charge in [-0.25, -0.2) is 9.78 Å². The van der Waals surface area contributed by atoms with Gasteiger partial charge in [0, 0.05) is 17.0 Å². The molecule has 0 amide bonds. The normalized spacial score (nSPS) is 11.0. The van der Waals surface area contributed by atoms with Crippen LogP contribution in [0.5, 0.6) is 5.75 Å². The van der Waals surface area contributed by atoms with Crippen LogP contribution >= 0.6 is 11.6 Å². The standard InChI is InChI=1S/C18H14ClN3O3/c1-25-15-7-4-12-8-13(17(19)21-16(12)9-15)10-20-22-14-5-2-11(3-6-14)18(23)24/h2-10,22H,1H3,(H,23,24)/b20-10-. The SMILES string of the molecule is COc1ccc2cc(/C=N\Nc3ccc(C(=O)O)cc3)c(Cl)nc2c1. The molecule has 0 aliphatic carbocycles. The number of rotatable bonds is 5. The molecule has 0 saturated heterocycles. The summed E-state index contributed by atoms with van der Waals surface area (Å²) >= 11 is 6.20. The van der Waals surface area contributed by atoms with Gasteiger partial charge in [-0.05, 0) is 42.5 Å². The third kappa shape index (κ3) is 3.87. The number of carbonyl (C=O) groups is 1. The quantitative estimate of drug-likeness (QED) is 0.410. The Morgan fingerprint density at radius 1 is 1.24 bits per heavy atom. The van der Waals surface area contributed by atoms with Gasteiger partial charge in [-0.2, -0.15) is 5.10 Å². The number of anilines is 1. The number of halogens is 1. The molecule has 0 bridgehead atoms. The molecule has 0 radical (unpaired) electrons. The molecule has 3 rings (SSSR count). The molecule has 6 nitrogen and oxygen atoms in total. The van der Waals surface area contributed by atoms with Gasteiger partial charge in [0.15, 0.2) is 0 Å². The van der Waals surface area contributed by atoms with Gasteiger partial charge in [-0.1, -0.05) is 11.6 Å². The highest BCUT2D eigenvalue weighted by molar-refractivity contribution is 6.32. The Hall–Kier alpha value is -3.12. The third-order valence-electron chi connectivity index (χ3n) is 3.53. The number of hydrazone groups is 1. The van der Waals surface area contributed by atoms with Crippen molar-refractivity contribution in [2.24, 2.45) is 5.10 Å². The first-order valence-corrected chi connectivity index (χ1v) is 7.71. The van der Waals surface area contributed by atoms with Crippen LogP contribution in [0.3, 0.4) is 0 Å². The predicted molar refractivity (Wildman–Crippen MR) is 97.9 cm³/mol. The van der Waals surface area contributed by atoms with Crippen molar-refractivity contribution in [1.82, 2.24) is 4.98 Å². The number of hydrogen-bond donors (Lipinski definition) is 2. The van der Waals surface area contributed by atoms with E-state index in [1.54, 1.807) is 25.5 Å². The second-order valence-corrected chi connectivity index (χ2v) is 5.54. The fraction of sp³-hybridized carbons (Fsp3) is 0.0556. The number of fused-ring (bicyclic) bond motifs is 1. The average molecular weight is 356 g/mol. The van der Waals surface area contributed by atoms with E-state index in [-0.39, 0.29) is 5.56 Å². The summed E-state index contributed by atoms with van der Waals surface area (Å²) in [6.45, 7) is 0. The number of nitrogens with zero attached hydrogens (tertiary/aromatic N) is 2. The minimum atomic E-state index is -0.972. The first-order chi connectivity index (χ1) is 12.1. The second kappa shape index (κ2) is 7.19. The first kappa shape index (κ1) is 16.7. The van der Waals surface area contributed by atoms with Crippen LogP contribution < -0.4 is 10.2 Å². The lowest BCUT2D eigenvalue weighted by molar-refractivity contribution is 0.0697. The van der Waals surface area contributed by atoms with E-state index >= 15 is 0 Å². The number of carboxylic acids is 1. The molecule has 3 aromatic rings. The predicted octanol–water partition coefficient (Wildman–Crippen LogP) is 4.04. The number of pyridine rings is 1. The Morgan fingerprint density at radius 2 is 2.00 bits per heavy atom. The van der Waals surface area contributed by atoms with Crippen molar-refractivity contribution < 1.29 is 14.6 Å². The van der Waals surface area contributed by atoms with Crippen molar-refractivity contribution in [3.8, 4) is 5.75 Å². The molecule has 0 unspecified atom stereocenters. The highest BCUT2D eigenvalue weighted by atomic mass is 35.5. The van der Waals surface area contributed by atoms with E-state index in [4.69, 9.17) is 21.4 Å². The van der Waals surface area contributed by atoms with E-state index in [0.717, 1.165) is 10.9 Å². The Labute approximate surface area is 148 Å². The summed E-state index contributed by atoms with van der Waals surface area (Å²) in [5, 5.41) is 14.2. The Kier molecular flexibility index (Phi) is 4.81. The van der Waals surface area contributed by atoms with E-state index < -0.39 is 5.97 Å². The maximum Gasteiger partial charge on any atom is 0.335 e. The van der Waals surface area contributed by atoms with Crippen molar-refractivity contribution >= 4 is 40.4 Å². The molecule has 0 saturated carbocycles. The molecule has 1 aromatic heterocycles. The molecule has 126 valence electrons. The molecular formula is C18H14ClN3O3. The fourth-order valence-electron chi connectivity index (χ4n) is 2.22. The highest BCUT2D eigenvalue weighted by Gasteiger charge is 2.05. The largest absolute Gasteiger partial charge is 0.497 e. The summed E-state index contributed by atoms with van der Waals surface area (Å²) in [4.78, 5) is 15.2. The van der Waals surface area contributed by atoms with Crippen LogP contribution in [0.2, 0.25) is 5.15 Å². The molecule has 25 heavy (non-hydrogen) atoms. The summed E-state index contributed by atoms with van der Waals surface area (Å²) in [5.74, 6) is -0.260. The topological polar surface area (TPSA) is 83.8 Å². The Morgan fingerprint density at radius 3 is 2.68 bits per heavy atom. The molecule has 1 heterocycles. The molecule has 7 heteroatoms. The summed E-state index contributed by atoms with van der Waals surface area (Å²) < 4.78 is 5.17. The van der Waals surface area contributed by atoms with Crippen LogP contribution in [0, 0.1) is 0 Å². The van der Waals surface area contributed by atoms with Crippen LogP contribution in [0.25, 0.3) is 10.9 Å². The maximum absolute atomic E-state index is 10.8. The molecule has 2 N–H and O–H groups in total. The van der Waals surface area contributed by atoms with Gasteiger partial charge < -0.3 is 9.84 Å². The highest BCUT2D eigenvalue weighted by Crippen LogP contribution is 2.23. The van der Waals surface area contributed by atoms with E-state index in [1.165, 1.54) is 12.1 Å². The minimum Gasteiger partial charge on any atom is -0.497 e. The molecule has 0 aliphatic rings. The lowest BCUT2D eigenvalue weighted by Crippen LogP contribution is -1.97. The van der Waals surface area contributed by atoms with Gasteiger partial charge >= 0.3 is 5.97 Å². The molecule has 2 aromatic carbocycles. The van der Waals surface area contributed by atoms with Gasteiger partial charge in [-0.3, -0.25) is 5.43 Å². The number of methoxy groups -OCH3 is 1. The summed E-state index contributed by atoms with van der Waals surface area (Å²) in [7, 11) is 1.60. The van der Waals surface area contributed by atoms with E-state index in [2.05, 4.69) is 15.5 Å². The zero-order valence-corrected chi connectivity index (χ0v) is 14.0. The van der Waals surface area contributed by atoms with Gasteiger partial charge in [0.1, 0.15) is 10.9 Å². The molecule has 0 atom stereocenters. The van der Waals surface area contributed by atoms with E-state index in [1.807, 2.05) is 24.3 Å². The molecule has 0 aliphatic heterocycles. The number of carboxylic acid groups (broad SMARTS) is 1. The van der Waals surface area contributed by atoms with Gasteiger partial charge in [0.05, 0.1) is 30.1 Å². The lowest BCUT2D eigenvalue weighted by atomic mass is 10.1. The van der Waals surface area contributed by atoms with Crippen molar-refractivity contribution in [3.63, 3.8) is 0 Å². The fourth-order valence-corrected chi connectivity index (χ4v) is 2.42. The Balaban J connectivity index is 1.78. The zero-order valence-electron chi connectivity index (χ0n) is 13.2. The maximum atomic E-state index is 10.8. The van der Waals surface area contributed by atoms with Gasteiger partial charge in [0.2, 0.25) is 0 Å². The summed E-state index contributed by atoms with van der Waals surface area (Å²) in [6.07, 6.45) is 1.56. The van der Waals surface area contributed by atoms with Crippen LogP contribution in [0.4, 0.5) is 5.69 Å². The van der Waals surface area contributed by atoms with Gasteiger partial charge in [0.25, 0.3) is 0 Å². The summed E-state index contributed by atoms with van der Waals surface area (Å²) in [6, 6.07) is 13.7. The zero-order chi connectivity index (χ0) is 17.8. The van der Waals surface area contributed by atoms with Crippen LogP contribution in [-0.2, 0) is 0 Å². The smallest absolute Gasteiger partial charge is 0.335 e. The van der Waals surface area contributed by atoms with Crippen LogP contribution in [0.15, 0.2) is 53.6 Å². The first-order valence-electron chi connectivity index (χ1n) is 7.33. The molecular weight excluding hydrogens is 342 g/mol. The number of ether oxygens (including phenoxy) is 1. The number of aromatic nitrogens is 1. The summed E-state index contributed by atoms with van der Waals surface area (Å²) in [5.41, 5.74) is 5.10. The monoisotopic (exact) mass is 355 g/mol. The lowest BCUT2D eigenvalue weighted by Gasteiger charge is -2.05. The average Bonchev–Trinajstić information content (AvgIpc) is 2.62. The van der Waals surface area contributed by atoms with Crippen LogP contribution in [-0.4, -0.2) is 29.4 Å². The second-order valence-electron chi connectivity index (χ2n) is 5.18. The number of nitrogens with one attached hydrogen (secondary N) is 1. The van der Waals surface area contributed by atoms with E-state index in [9.17, 15) is 4.79 Å². The van der Waals surface area contributed by atoms with Crippen molar-refractivity contribution in [1.29, 1.82) is 0 Å². The molecule has 0 spiro atoms. The Bertz CT molecular complexity index is 956. The third-order valence-corrected chi connectivity index (χ3v) is 3.84. The minimum absolute atomic E-state index is 0.215. The number of benzene rings is 2.